The van der Waals surface area contributed by atoms with Crippen LogP contribution in [-0.4, -0.2) is 24.4 Å². The molecular weight excluding hydrogens is 202 g/mol. The lowest BCUT2D eigenvalue weighted by Gasteiger charge is -2.18. The van der Waals surface area contributed by atoms with Gasteiger partial charge in [-0.25, -0.2) is 0 Å². The third kappa shape index (κ3) is 4.12. The van der Waals surface area contributed by atoms with E-state index in [0.29, 0.717) is 5.92 Å². The zero-order valence-electron chi connectivity index (χ0n) is 8.16. The molecule has 0 aliphatic rings. The van der Waals surface area contributed by atoms with E-state index in [9.17, 15) is 0 Å². The van der Waals surface area contributed by atoms with Crippen LogP contribution < -0.4 is 0 Å². The molecule has 1 atom stereocenters. The van der Waals surface area contributed by atoms with Gasteiger partial charge in [-0.3, -0.25) is 0 Å². The molecule has 1 rings (SSSR count). The quantitative estimate of drug-likeness (QED) is 0.686. The minimum absolute atomic E-state index is 0.576. The third-order valence-corrected chi connectivity index (χ3v) is 3.28. The van der Waals surface area contributed by atoms with Crippen molar-refractivity contribution < 1.29 is 0 Å². The van der Waals surface area contributed by atoms with Crippen molar-refractivity contribution in [1.82, 2.24) is 4.90 Å². The summed E-state index contributed by atoms with van der Waals surface area (Å²) in [6.07, 6.45) is 0. The number of hydrogen-bond donors (Lipinski definition) is 0. The largest absolute Gasteiger partial charge is 0.301 e. The second kappa shape index (κ2) is 5.63. The van der Waals surface area contributed by atoms with E-state index in [1.807, 2.05) is 11.3 Å². The average Bonchev–Trinajstić information content (AvgIpc) is 2.56. The maximum Gasteiger partial charge on any atom is 0.0324 e. The molecule has 0 radical (unpaired) electrons. The van der Waals surface area contributed by atoms with E-state index in [2.05, 4.69) is 36.4 Å². The second-order valence-corrected chi connectivity index (χ2v) is 4.88. The number of thiophene rings is 1. The Morgan fingerprint density at radius 3 is 2.92 bits per heavy atom. The molecular formula is C10H16ClNS. The monoisotopic (exact) mass is 217 g/mol. The number of hydrogen-bond acceptors (Lipinski definition) is 2. The number of halogens is 1. The van der Waals surface area contributed by atoms with Crippen LogP contribution in [0.5, 0.6) is 0 Å². The predicted molar refractivity (Wildman–Crippen MR) is 60.5 cm³/mol. The van der Waals surface area contributed by atoms with Crippen LogP contribution >= 0.6 is 22.9 Å². The van der Waals surface area contributed by atoms with Crippen LogP contribution in [0, 0.1) is 5.92 Å². The van der Waals surface area contributed by atoms with Gasteiger partial charge in [0.15, 0.2) is 0 Å². The van der Waals surface area contributed by atoms with Crippen molar-refractivity contribution in [2.45, 2.75) is 13.5 Å². The lowest BCUT2D eigenvalue weighted by molar-refractivity contribution is 0.292. The Hall–Kier alpha value is -0.0500. The Labute approximate surface area is 89.3 Å². The van der Waals surface area contributed by atoms with Gasteiger partial charge in [0, 0.05) is 23.8 Å². The van der Waals surface area contributed by atoms with E-state index in [1.165, 1.54) is 4.88 Å². The highest BCUT2D eigenvalue weighted by atomic mass is 35.5. The van der Waals surface area contributed by atoms with Gasteiger partial charge < -0.3 is 4.90 Å². The van der Waals surface area contributed by atoms with E-state index in [0.717, 1.165) is 19.0 Å². The van der Waals surface area contributed by atoms with Gasteiger partial charge in [0.2, 0.25) is 0 Å². The lowest BCUT2D eigenvalue weighted by atomic mass is 10.2. The van der Waals surface area contributed by atoms with E-state index in [4.69, 9.17) is 11.6 Å². The summed E-state index contributed by atoms with van der Waals surface area (Å²) in [6.45, 7) is 4.29. The zero-order valence-corrected chi connectivity index (χ0v) is 9.74. The molecule has 1 unspecified atom stereocenters. The Balaban J connectivity index is 2.29. The maximum atomic E-state index is 5.75. The first-order chi connectivity index (χ1) is 6.22. The molecule has 0 N–H and O–H groups in total. The zero-order chi connectivity index (χ0) is 9.68. The average molecular weight is 218 g/mol. The van der Waals surface area contributed by atoms with Crippen LogP contribution in [0.25, 0.3) is 0 Å². The summed E-state index contributed by atoms with van der Waals surface area (Å²) in [5.74, 6) is 1.32. The summed E-state index contributed by atoms with van der Waals surface area (Å²) in [5.41, 5.74) is 0. The minimum atomic E-state index is 0.576. The van der Waals surface area contributed by atoms with Gasteiger partial charge in [0.25, 0.3) is 0 Å². The Kier molecular flexibility index (Phi) is 4.78. The predicted octanol–water partition coefficient (Wildman–Crippen LogP) is 3.05. The number of rotatable bonds is 5. The van der Waals surface area contributed by atoms with Crippen LogP contribution in [0.3, 0.4) is 0 Å². The van der Waals surface area contributed by atoms with E-state index < -0.39 is 0 Å². The molecule has 13 heavy (non-hydrogen) atoms. The molecule has 1 heterocycles. The van der Waals surface area contributed by atoms with Crippen molar-refractivity contribution in [2.24, 2.45) is 5.92 Å². The first kappa shape index (κ1) is 11.0. The second-order valence-electron chi connectivity index (χ2n) is 3.54. The van der Waals surface area contributed by atoms with Crippen LogP contribution in [-0.2, 0) is 6.54 Å². The molecule has 0 bridgehead atoms. The molecule has 1 nitrogen and oxygen atoms in total. The van der Waals surface area contributed by atoms with Gasteiger partial charge in [-0.2, -0.15) is 0 Å². The summed E-state index contributed by atoms with van der Waals surface area (Å²) >= 11 is 7.57. The van der Waals surface area contributed by atoms with Crippen LogP contribution in [0.15, 0.2) is 17.5 Å². The standard InChI is InChI=1S/C10H16ClNS/c1-9(6-11)7-12(2)8-10-4-3-5-13-10/h3-5,9H,6-8H2,1-2H3. The summed E-state index contributed by atoms with van der Waals surface area (Å²) in [4.78, 5) is 3.74. The molecule has 0 saturated heterocycles. The minimum Gasteiger partial charge on any atom is -0.301 e. The molecule has 1 aromatic rings. The number of alkyl halides is 1. The highest BCUT2D eigenvalue weighted by Gasteiger charge is 2.05. The van der Waals surface area contributed by atoms with Crippen LogP contribution in [0.2, 0.25) is 0 Å². The third-order valence-electron chi connectivity index (χ3n) is 1.89. The smallest absolute Gasteiger partial charge is 0.0324 e. The van der Waals surface area contributed by atoms with Crippen molar-refractivity contribution in [3.05, 3.63) is 22.4 Å². The summed E-state index contributed by atoms with van der Waals surface area (Å²) in [6, 6.07) is 4.27. The van der Waals surface area contributed by atoms with Gasteiger partial charge in [0.1, 0.15) is 0 Å². The Morgan fingerprint density at radius 1 is 1.62 bits per heavy atom. The Morgan fingerprint density at radius 2 is 2.38 bits per heavy atom. The fraction of sp³-hybridized carbons (Fsp3) is 0.600. The van der Waals surface area contributed by atoms with Crippen molar-refractivity contribution in [3.63, 3.8) is 0 Å². The van der Waals surface area contributed by atoms with Gasteiger partial charge in [-0.05, 0) is 24.4 Å². The van der Waals surface area contributed by atoms with Crippen molar-refractivity contribution in [3.8, 4) is 0 Å². The maximum absolute atomic E-state index is 5.75. The highest BCUT2D eigenvalue weighted by Crippen LogP contribution is 2.11. The molecule has 0 amide bonds. The summed E-state index contributed by atoms with van der Waals surface area (Å²) in [5, 5.41) is 2.12. The molecule has 0 aliphatic heterocycles. The van der Waals surface area contributed by atoms with Crippen molar-refractivity contribution >= 4 is 22.9 Å². The molecule has 0 fully saturated rings. The fourth-order valence-corrected chi connectivity index (χ4v) is 2.20. The normalized spacial score (nSPS) is 13.5. The lowest BCUT2D eigenvalue weighted by Crippen LogP contribution is -2.24. The fourth-order valence-electron chi connectivity index (χ4n) is 1.31. The van der Waals surface area contributed by atoms with Crippen LogP contribution in [0.4, 0.5) is 0 Å². The van der Waals surface area contributed by atoms with Gasteiger partial charge >= 0.3 is 0 Å². The molecule has 0 saturated carbocycles. The molecule has 1 aromatic heterocycles. The summed E-state index contributed by atoms with van der Waals surface area (Å²) in [7, 11) is 2.14. The van der Waals surface area contributed by atoms with Gasteiger partial charge in [0.05, 0.1) is 0 Å². The van der Waals surface area contributed by atoms with Crippen molar-refractivity contribution in [1.29, 1.82) is 0 Å². The van der Waals surface area contributed by atoms with E-state index >= 15 is 0 Å². The van der Waals surface area contributed by atoms with E-state index in [1.54, 1.807) is 0 Å². The molecule has 0 aliphatic carbocycles. The van der Waals surface area contributed by atoms with Crippen molar-refractivity contribution in [2.75, 3.05) is 19.5 Å². The van der Waals surface area contributed by atoms with Gasteiger partial charge in [-0.1, -0.05) is 13.0 Å². The summed E-state index contributed by atoms with van der Waals surface area (Å²) < 4.78 is 0. The van der Waals surface area contributed by atoms with Gasteiger partial charge in [-0.15, -0.1) is 22.9 Å². The Bertz CT molecular complexity index is 223. The number of nitrogens with zero attached hydrogens (tertiary/aromatic N) is 1. The highest BCUT2D eigenvalue weighted by molar-refractivity contribution is 7.09. The SMILES string of the molecule is CC(CCl)CN(C)Cc1cccs1. The molecule has 0 spiro atoms. The first-order valence-electron chi connectivity index (χ1n) is 4.49. The molecule has 74 valence electrons. The topological polar surface area (TPSA) is 3.24 Å². The van der Waals surface area contributed by atoms with E-state index in [-0.39, 0.29) is 0 Å². The van der Waals surface area contributed by atoms with Crippen LogP contribution in [0.1, 0.15) is 11.8 Å². The molecule has 0 aromatic carbocycles. The molecule has 3 heteroatoms. The first-order valence-corrected chi connectivity index (χ1v) is 5.90.